The fourth-order valence-corrected chi connectivity index (χ4v) is 1.56. The molecule has 0 fully saturated rings. The first-order valence-electron chi connectivity index (χ1n) is 4.47. The van der Waals surface area contributed by atoms with Crippen LogP contribution in [0.1, 0.15) is 21.5 Å². The molecule has 0 aromatic heterocycles. The van der Waals surface area contributed by atoms with Gasteiger partial charge in [-0.05, 0) is 19.1 Å². The summed E-state index contributed by atoms with van der Waals surface area (Å²) >= 11 is 0. The SMILES string of the molecule is Cc1c(O)c(C=O)cc2c1C=C(O)CO2. The van der Waals surface area contributed by atoms with Crippen molar-refractivity contribution < 1.29 is 19.7 Å². The van der Waals surface area contributed by atoms with Crippen molar-refractivity contribution in [3.63, 3.8) is 0 Å². The van der Waals surface area contributed by atoms with Crippen molar-refractivity contribution >= 4 is 12.4 Å². The monoisotopic (exact) mass is 206 g/mol. The Bertz CT molecular complexity index is 460. The largest absolute Gasteiger partial charge is 0.509 e. The molecule has 0 bridgehead atoms. The molecule has 15 heavy (non-hydrogen) atoms. The first-order valence-corrected chi connectivity index (χ1v) is 4.47. The van der Waals surface area contributed by atoms with Crippen molar-refractivity contribution in [2.75, 3.05) is 6.61 Å². The number of aliphatic hydroxyl groups is 1. The van der Waals surface area contributed by atoms with Crippen LogP contribution in [0.4, 0.5) is 0 Å². The summed E-state index contributed by atoms with van der Waals surface area (Å²) in [7, 11) is 0. The molecule has 1 aliphatic rings. The molecule has 0 unspecified atom stereocenters. The van der Waals surface area contributed by atoms with Crippen LogP contribution >= 0.6 is 0 Å². The molecule has 0 atom stereocenters. The van der Waals surface area contributed by atoms with Gasteiger partial charge in [0.25, 0.3) is 0 Å². The van der Waals surface area contributed by atoms with Crippen molar-refractivity contribution in [3.05, 3.63) is 28.5 Å². The normalized spacial score (nSPS) is 13.8. The lowest BCUT2D eigenvalue weighted by Crippen LogP contribution is -2.08. The van der Waals surface area contributed by atoms with Gasteiger partial charge >= 0.3 is 0 Å². The lowest BCUT2D eigenvalue weighted by molar-refractivity contribution is 0.112. The molecule has 0 saturated carbocycles. The molecular formula is C11H10O4. The third-order valence-electron chi connectivity index (χ3n) is 2.40. The number of phenolic OH excluding ortho intramolecular Hbond substituents is 1. The number of carbonyl (C=O) groups excluding carboxylic acids is 1. The number of aldehydes is 1. The highest BCUT2D eigenvalue weighted by Gasteiger charge is 2.18. The predicted octanol–water partition coefficient (Wildman–Crippen LogP) is 1.80. The number of fused-ring (bicyclic) bond motifs is 1. The van der Waals surface area contributed by atoms with E-state index in [9.17, 15) is 15.0 Å². The molecule has 2 N–H and O–H groups in total. The van der Waals surface area contributed by atoms with Gasteiger partial charge < -0.3 is 14.9 Å². The Morgan fingerprint density at radius 2 is 2.20 bits per heavy atom. The highest BCUT2D eigenvalue weighted by atomic mass is 16.5. The van der Waals surface area contributed by atoms with Crippen LogP contribution < -0.4 is 4.74 Å². The van der Waals surface area contributed by atoms with Crippen molar-refractivity contribution in [3.8, 4) is 11.5 Å². The fourth-order valence-electron chi connectivity index (χ4n) is 1.56. The Kier molecular flexibility index (Phi) is 2.11. The van der Waals surface area contributed by atoms with E-state index in [-0.39, 0.29) is 23.7 Å². The quantitative estimate of drug-likeness (QED) is 0.687. The van der Waals surface area contributed by atoms with E-state index in [0.717, 1.165) is 0 Å². The summed E-state index contributed by atoms with van der Waals surface area (Å²) in [6, 6.07) is 1.47. The first-order chi connectivity index (χ1) is 7.13. The molecule has 1 aliphatic heterocycles. The van der Waals surface area contributed by atoms with Gasteiger partial charge in [0.05, 0.1) is 5.56 Å². The molecule has 2 rings (SSSR count). The number of carbonyl (C=O) groups is 1. The third-order valence-corrected chi connectivity index (χ3v) is 2.40. The van der Waals surface area contributed by atoms with Gasteiger partial charge in [0, 0.05) is 11.1 Å². The van der Waals surface area contributed by atoms with Crippen LogP contribution in [0.2, 0.25) is 0 Å². The third kappa shape index (κ3) is 1.44. The van der Waals surface area contributed by atoms with Crippen LogP contribution in [-0.2, 0) is 0 Å². The summed E-state index contributed by atoms with van der Waals surface area (Å²) in [5.41, 5.74) is 1.34. The molecule has 0 amide bonds. The highest BCUT2D eigenvalue weighted by molar-refractivity contribution is 5.84. The van der Waals surface area contributed by atoms with Crippen LogP contribution in [0.5, 0.6) is 11.5 Å². The van der Waals surface area contributed by atoms with Crippen molar-refractivity contribution in [2.24, 2.45) is 0 Å². The summed E-state index contributed by atoms with van der Waals surface area (Å²) in [4.78, 5) is 10.6. The van der Waals surface area contributed by atoms with Gasteiger partial charge in [-0.25, -0.2) is 0 Å². The van der Waals surface area contributed by atoms with E-state index in [1.807, 2.05) is 0 Å². The molecule has 0 spiro atoms. The molecule has 4 nitrogen and oxygen atoms in total. The summed E-state index contributed by atoms with van der Waals surface area (Å²) < 4.78 is 5.23. The molecular weight excluding hydrogens is 196 g/mol. The van der Waals surface area contributed by atoms with Gasteiger partial charge in [-0.15, -0.1) is 0 Å². The summed E-state index contributed by atoms with van der Waals surface area (Å²) in [5.74, 6) is 0.535. The van der Waals surface area contributed by atoms with Crippen LogP contribution in [0, 0.1) is 6.92 Å². The van der Waals surface area contributed by atoms with Crippen LogP contribution in [-0.4, -0.2) is 23.1 Å². The van der Waals surface area contributed by atoms with E-state index in [4.69, 9.17) is 4.74 Å². The highest BCUT2D eigenvalue weighted by Crippen LogP contribution is 2.35. The maximum Gasteiger partial charge on any atom is 0.153 e. The predicted molar refractivity (Wildman–Crippen MR) is 54.3 cm³/mol. The average molecular weight is 206 g/mol. The Labute approximate surface area is 86.4 Å². The minimum Gasteiger partial charge on any atom is -0.509 e. The molecule has 0 saturated heterocycles. The van der Waals surface area contributed by atoms with E-state index in [1.54, 1.807) is 6.92 Å². The zero-order valence-corrected chi connectivity index (χ0v) is 8.15. The second-order valence-corrected chi connectivity index (χ2v) is 3.39. The molecule has 4 heteroatoms. The Hall–Kier alpha value is -1.97. The van der Waals surface area contributed by atoms with Gasteiger partial charge in [-0.1, -0.05) is 0 Å². The van der Waals surface area contributed by atoms with Crippen LogP contribution in [0.15, 0.2) is 11.8 Å². The summed E-state index contributed by atoms with van der Waals surface area (Å²) in [5, 5.41) is 18.9. The maximum atomic E-state index is 10.6. The number of ether oxygens (including phenoxy) is 1. The van der Waals surface area contributed by atoms with Crippen molar-refractivity contribution in [1.29, 1.82) is 0 Å². The topological polar surface area (TPSA) is 66.8 Å². The summed E-state index contributed by atoms with van der Waals surface area (Å²) in [6.07, 6.45) is 2.10. The van der Waals surface area contributed by atoms with Gasteiger partial charge in [0.1, 0.15) is 23.9 Å². The van der Waals surface area contributed by atoms with Gasteiger partial charge in [0.15, 0.2) is 6.29 Å². The zero-order chi connectivity index (χ0) is 11.0. The molecule has 0 radical (unpaired) electrons. The number of phenols is 1. The Morgan fingerprint density at radius 1 is 1.47 bits per heavy atom. The van der Waals surface area contributed by atoms with E-state index in [1.165, 1.54) is 12.1 Å². The van der Waals surface area contributed by atoms with E-state index < -0.39 is 0 Å². The van der Waals surface area contributed by atoms with Gasteiger partial charge in [0.2, 0.25) is 0 Å². The minimum absolute atomic E-state index is 0.0710. The van der Waals surface area contributed by atoms with Crippen LogP contribution in [0.25, 0.3) is 6.08 Å². The second kappa shape index (κ2) is 3.31. The average Bonchev–Trinajstić information content (AvgIpc) is 2.24. The summed E-state index contributed by atoms with van der Waals surface area (Å²) in [6.45, 7) is 1.76. The number of benzene rings is 1. The number of aromatic hydroxyl groups is 1. The molecule has 78 valence electrons. The fraction of sp³-hybridized carbons (Fsp3) is 0.182. The van der Waals surface area contributed by atoms with Crippen molar-refractivity contribution in [2.45, 2.75) is 6.92 Å². The second-order valence-electron chi connectivity index (χ2n) is 3.39. The zero-order valence-electron chi connectivity index (χ0n) is 8.15. The lowest BCUT2D eigenvalue weighted by atomic mass is 10.0. The van der Waals surface area contributed by atoms with Gasteiger partial charge in [-0.3, -0.25) is 4.79 Å². The first kappa shape index (κ1) is 9.58. The Balaban J connectivity index is 2.69. The van der Waals surface area contributed by atoms with E-state index in [0.29, 0.717) is 23.2 Å². The smallest absolute Gasteiger partial charge is 0.153 e. The number of hydrogen-bond acceptors (Lipinski definition) is 4. The number of rotatable bonds is 1. The lowest BCUT2D eigenvalue weighted by Gasteiger charge is -2.18. The molecule has 1 heterocycles. The maximum absolute atomic E-state index is 10.6. The number of hydrogen-bond donors (Lipinski definition) is 2. The van der Waals surface area contributed by atoms with Crippen LogP contribution in [0.3, 0.4) is 0 Å². The standard InChI is InChI=1S/C11H10O4/c1-6-9-3-8(13)5-15-10(9)2-7(4-12)11(6)14/h2-4,13-14H,5H2,1H3. The number of aliphatic hydroxyl groups excluding tert-OH is 1. The van der Waals surface area contributed by atoms with E-state index >= 15 is 0 Å². The Morgan fingerprint density at radius 3 is 2.87 bits per heavy atom. The molecule has 1 aromatic carbocycles. The van der Waals surface area contributed by atoms with Crippen molar-refractivity contribution in [1.82, 2.24) is 0 Å². The minimum atomic E-state index is -0.0710. The molecule has 1 aromatic rings. The molecule has 0 aliphatic carbocycles. The van der Waals surface area contributed by atoms with Gasteiger partial charge in [-0.2, -0.15) is 0 Å². The van der Waals surface area contributed by atoms with E-state index in [2.05, 4.69) is 0 Å².